The highest BCUT2D eigenvalue weighted by Crippen LogP contribution is 2.20. The zero-order valence-electron chi connectivity index (χ0n) is 16.2. The van der Waals surface area contributed by atoms with Crippen LogP contribution < -0.4 is 5.32 Å². The molecule has 0 saturated carbocycles. The van der Waals surface area contributed by atoms with E-state index in [1.807, 2.05) is 20.8 Å². The first kappa shape index (κ1) is 20.8. The summed E-state index contributed by atoms with van der Waals surface area (Å²) >= 11 is 0. The second-order valence-corrected chi connectivity index (χ2v) is 7.90. The number of piperidine rings is 1. The van der Waals surface area contributed by atoms with Crippen molar-refractivity contribution in [2.75, 3.05) is 19.6 Å². The molecule has 0 radical (unpaired) electrons. The molecule has 1 heterocycles. The molecule has 0 spiro atoms. The highest BCUT2D eigenvalue weighted by atomic mass is 16.6. The van der Waals surface area contributed by atoms with Crippen LogP contribution in [-0.2, 0) is 9.53 Å². The highest BCUT2D eigenvalue weighted by molar-refractivity contribution is 5.79. The Balaban J connectivity index is 2.33. The summed E-state index contributed by atoms with van der Waals surface area (Å²) < 4.78 is 5.39. The maximum absolute atomic E-state index is 12.4. The van der Waals surface area contributed by atoms with E-state index in [4.69, 9.17) is 4.74 Å². The number of hydrogen-bond donors (Lipinski definition) is 1. The maximum atomic E-state index is 12.4. The largest absolute Gasteiger partial charge is 0.444 e. The number of nitrogens with zero attached hydrogens (tertiary/aromatic N) is 1. The van der Waals surface area contributed by atoms with E-state index in [0.717, 1.165) is 25.8 Å². The average molecular weight is 341 g/mol. The minimum Gasteiger partial charge on any atom is -0.444 e. The fourth-order valence-corrected chi connectivity index (χ4v) is 2.98. The number of amides is 2. The van der Waals surface area contributed by atoms with Crippen LogP contribution in [0, 0.1) is 11.8 Å². The van der Waals surface area contributed by atoms with Crippen LogP contribution in [0.15, 0.2) is 0 Å². The Morgan fingerprint density at radius 3 is 2.33 bits per heavy atom. The molecule has 1 fully saturated rings. The molecule has 0 aromatic heterocycles. The quantitative estimate of drug-likeness (QED) is 0.763. The maximum Gasteiger partial charge on any atom is 0.410 e. The molecular formula is C19H36N2O3. The van der Waals surface area contributed by atoms with Crippen molar-refractivity contribution in [3.05, 3.63) is 0 Å². The SMILES string of the molecule is CCCCC(CC)CNC(=O)C1CCN(C(=O)OC(C)(C)C)CC1. The lowest BCUT2D eigenvalue weighted by atomic mass is 9.95. The molecule has 2 amide bonds. The van der Waals surface area contributed by atoms with Crippen molar-refractivity contribution in [1.29, 1.82) is 0 Å². The van der Waals surface area contributed by atoms with E-state index >= 15 is 0 Å². The summed E-state index contributed by atoms with van der Waals surface area (Å²) in [4.78, 5) is 26.1. The van der Waals surface area contributed by atoms with E-state index in [-0.39, 0.29) is 17.9 Å². The molecule has 1 atom stereocenters. The van der Waals surface area contributed by atoms with Crippen LogP contribution in [0.4, 0.5) is 4.79 Å². The lowest BCUT2D eigenvalue weighted by molar-refractivity contribution is -0.126. The number of likely N-dealkylation sites (tertiary alicyclic amines) is 1. The Kier molecular flexibility index (Phi) is 8.57. The van der Waals surface area contributed by atoms with E-state index in [1.54, 1.807) is 4.90 Å². The Hall–Kier alpha value is -1.26. The second kappa shape index (κ2) is 9.90. The van der Waals surface area contributed by atoms with Gasteiger partial charge in [0, 0.05) is 25.6 Å². The molecular weight excluding hydrogens is 304 g/mol. The summed E-state index contributed by atoms with van der Waals surface area (Å²) in [6.07, 6.45) is 5.89. The van der Waals surface area contributed by atoms with Gasteiger partial charge in [-0.05, 0) is 46.0 Å². The van der Waals surface area contributed by atoms with Gasteiger partial charge in [-0.1, -0.05) is 33.1 Å². The molecule has 0 bridgehead atoms. The van der Waals surface area contributed by atoms with E-state index < -0.39 is 5.60 Å². The molecule has 1 rings (SSSR count). The summed E-state index contributed by atoms with van der Waals surface area (Å²) in [5.74, 6) is 0.747. The summed E-state index contributed by atoms with van der Waals surface area (Å²) in [5, 5.41) is 3.12. The van der Waals surface area contributed by atoms with Gasteiger partial charge in [0.1, 0.15) is 5.60 Å². The standard InChI is InChI=1S/C19H36N2O3/c1-6-8-9-15(7-2)14-20-17(22)16-10-12-21(13-11-16)18(23)24-19(3,4)5/h15-16H,6-14H2,1-5H3,(H,20,22). The molecule has 5 heteroatoms. The highest BCUT2D eigenvalue weighted by Gasteiger charge is 2.29. The lowest BCUT2D eigenvalue weighted by Crippen LogP contribution is -2.45. The summed E-state index contributed by atoms with van der Waals surface area (Å²) in [6.45, 7) is 12.0. The lowest BCUT2D eigenvalue weighted by Gasteiger charge is -2.33. The normalized spacial score (nSPS) is 17.5. The molecule has 140 valence electrons. The van der Waals surface area contributed by atoms with E-state index in [2.05, 4.69) is 19.2 Å². The van der Waals surface area contributed by atoms with Crippen molar-refractivity contribution in [3.63, 3.8) is 0 Å². The zero-order chi connectivity index (χ0) is 18.2. The summed E-state index contributed by atoms with van der Waals surface area (Å²) in [5.41, 5.74) is -0.473. The van der Waals surface area contributed by atoms with Crippen molar-refractivity contribution in [2.24, 2.45) is 11.8 Å². The number of ether oxygens (including phenoxy) is 1. The third kappa shape index (κ3) is 7.54. The van der Waals surface area contributed by atoms with Crippen molar-refractivity contribution in [2.45, 2.75) is 78.7 Å². The molecule has 0 aromatic carbocycles. The first-order valence-corrected chi connectivity index (χ1v) is 9.52. The number of unbranched alkanes of at least 4 members (excludes halogenated alkanes) is 1. The first-order chi connectivity index (χ1) is 11.3. The number of rotatable bonds is 7. The minimum absolute atomic E-state index is 0.0207. The van der Waals surface area contributed by atoms with Gasteiger partial charge in [-0.3, -0.25) is 4.79 Å². The Bertz CT molecular complexity index is 396. The van der Waals surface area contributed by atoms with Gasteiger partial charge in [0.2, 0.25) is 5.91 Å². The van der Waals surface area contributed by atoms with E-state index in [1.165, 1.54) is 19.3 Å². The molecule has 1 saturated heterocycles. The first-order valence-electron chi connectivity index (χ1n) is 9.52. The molecule has 0 aliphatic carbocycles. The monoisotopic (exact) mass is 340 g/mol. The molecule has 1 aliphatic rings. The van der Waals surface area contributed by atoms with Crippen molar-refractivity contribution in [3.8, 4) is 0 Å². The van der Waals surface area contributed by atoms with Gasteiger partial charge >= 0.3 is 6.09 Å². The molecule has 1 N–H and O–H groups in total. The van der Waals surface area contributed by atoms with Crippen molar-refractivity contribution in [1.82, 2.24) is 10.2 Å². The fourth-order valence-electron chi connectivity index (χ4n) is 2.98. The number of carbonyl (C=O) groups excluding carboxylic acids is 2. The van der Waals surface area contributed by atoms with Crippen molar-refractivity contribution >= 4 is 12.0 Å². The molecule has 24 heavy (non-hydrogen) atoms. The molecule has 5 nitrogen and oxygen atoms in total. The number of nitrogens with one attached hydrogen (secondary N) is 1. The van der Waals surface area contributed by atoms with Gasteiger partial charge in [-0.15, -0.1) is 0 Å². The van der Waals surface area contributed by atoms with Gasteiger partial charge in [0.25, 0.3) is 0 Å². The van der Waals surface area contributed by atoms with Gasteiger partial charge in [0.15, 0.2) is 0 Å². The van der Waals surface area contributed by atoms with Crippen LogP contribution >= 0.6 is 0 Å². The summed E-state index contributed by atoms with van der Waals surface area (Å²) in [7, 11) is 0. The molecule has 1 aliphatic heterocycles. The summed E-state index contributed by atoms with van der Waals surface area (Å²) in [6, 6.07) is 0. The third-order valence-corrected chi connectivity index (χ3v) is 4.63. The Morgan fingerprint density at radius 1 is 1.21 bits per heavy atom. The third-order valence-electron chi connectivity index (χ3n) is 4.63. The van der Waals surface area contributed by atoms with Crippen LogP contribution in [0.2, 0.25) is 0 Å². The zero-order valence-corrected chi connectivity index (χ0v) is 16.2. The minimum atomic E-state index is -0.473. The fraction of sp³-hybridized carbons (Fsp3) is 0.895. The van der Waals surface area contributed by atoms with Crippen LogP contribution in [-0.4, -0.2) is 42.1 Å². The Labute approximate surface area is 147 Å². The van der Waals surface area contributed by atoms with Crippen LogP contribution in [0.3, 0.4) is 0 Å². The number of hydrogen-bond acceptors (Lipinski definition) is 3. The van der Waals surface area contributed by atoms with Gasteiger partial charge in [0.05, 0.1) is 0 Å². The van der Waals surface area contributed by atoms with E-state index in [9.17, 15) is 9.59 Å². The topological polar surface area (TPSA) is 58.6 Å². The predicted octanol–water partition coefficient (Wildman–Crippen LogP) is 3.97. The van der Waals surface area contributed by atoms with E-state index in [0.29, 0.717) is 19.0 Å². The Morgan fingerprint density at radius 2 is 1.83 bits per heavy atom. The van der Waals surface area contributed by atoms with Gasteiger partial charge in [-0.2, -0.15) is 0 Å². The molecule has 1 unspecified atom stereocenters. The average Bonchev–Trinajstić information content (AvgIpc) is 2.53. The van der Waals surface area contributed by atoms with Crippen LogP contribution in [0.5, 0.6) is 0 Å². The molecule has 0 aromatic rings. The predicted molar refractivity (Wildman–Crippen MR) is 96.8 cm³/mol. The van der Waals surface area contributed by atoms with Crippen molar-refractivity contribution < 1.29 is 14.3 Å². The van der Waals surface area contributed by atoms with Gasteiger partial charge in [-0.25, -0.2) is 4.79 Å². The second-order valence-electron chi connectivity index (χ2n) is 7.90. The van der Waals surface area contributed by atoms with Crippen LogP contribution in [0.1, 0.15) is 73.1 Å². The number of carbonyl (C=O) groups is 2. The smallest absolute Gasteiger partial charge is 0.410 e. The van der Waals surface area contributed by atoms with Gasteiger partial charge < -0.3 is 15.0 Å². The van der Waals surface area contributed by atoms with Crippen LogP contribution in [0.25, 0.3) is 0 Å².